The maximum absolute atomic E-state index is 13.2. The molecule has 0 bridgehead atoms. The van der Waals surface area contributed by atoms with Crippen molar-refractivity contribution in [3.05, 3.63) is 59.1 Å². The molecule has 0 aromatic heterocycles. The summed E-state index contributed by atoms with van der Waals surface area (Å²) < 4.78 is 55.8. The highest BCUT2D eigenvalue weighted by Crippen LogP contribution is 2.52. The fourth-order valence-electron chi connectivity index (χ4n) is 3.41. The molecule has 2 aliphatic carbocycles. The van der Waals surface area contributed by atoms with Crippen molar-refractivity contribution in [2.45, 2.75) is 30.5 Å². The summed E-state index contributed by atoms with van der Waals surface area (Å²) in [7, 11) is 0. The number of allylic oxidation sites excluding steroid dienone is 4. The number of halogens is 4. The van der Waals surface area contributed by atoms with Crippen LogP contribution in [0.2, 0.25) is 0 Å². The lowest BCUT2D eigenvalue weighted by Crippen LogP contribution is -2.45. The summed E-state index contributed by atoms with van der Waals surface area (Å²) in [4.78, 5) is 12.9. The average Bonchev–Trinajstić information content (AvgIpc) is 3.37. The summed E-state index contributed by atoms with van der Waals surface area (Å²) in [6.45, 7) is 0. The van der Waals surface area contributed by atoms with Crippen LogP contribution < -0.4 is 10.0 Å². The summed E-state index contributed by atoms with van der Waals surface area (Å²) in [5, 5.41) is 11.5. The molecule has 2 aliphatic rings. The van der Waals surface area contributed by atoms with Crippen molar-refractivity contribution in [3.63, 3.8) is 0 Å². The van der Waals surface area contributed by atoms with Gasteiger partial charge in [-0.25, -0.2) is 9.11 Å². The minimum Gasteiger partial charge on any atom is -0.328 e. The number of hydrogen-bond acceptors (Lipinski definition) is 4. The summed E-state index contributed by atoms with van der Waals surface area (Å²) in [6.07, 6.45) is -0.448. The number of benzene rings is 1. The Kier molecular flexibility index (Phi) is 5.55. The number of amides is 1. The first-order valence-electron chi connectivity index (χ1n) is 8.46. The van der Waals surface area contributed by atoms with E-state index in [4.69, 9.17) is 5.26 Å². The van der Waals surface area contributed by atoms with E-state index in [1.807, 2.05) is 0 Å². The van der Waals surface area contributed by atoms with Crippen LogP contribution in [0.5, 0.6) is 0 Å². The second kappa shape index (κ2) is 7.60. The molecule has 0 radical (unpaired) electrons. The number of alkyl halides is 3. The van der Waals surface area contributed by atoms with Crippen LogP contribution in [0.4, 0.5) is 17.6 Å². The molecule has 0 spiro atoms. The number of carbonyl (C=O) groups is 1. The molecule has 28 heavy (non-hydrogen) atoms. The Bertz CT molecular complexity index is 873. The van der Waals surface area contributed by atoms with Gasteiger partial charge in [0.15, 0.2) is 0 Å². The SMILES string of the molecule is CSNC1(C(=O)NC2=CC=C(C#N)C(C(F)(F)F)C2)CC1c1ccc(F)cc1. The summed E-state index contributed by atoms with van der Waals surface area (Å²) in [5.74, 6) is -2.98. The van der Waals surface area contributed by atoms with E-state index in [1.165, 1.54) is 30.2 Å². The predicted molar refractivity (Wildman–Crippen MR) is 97.2 cm³/mol. The van der Waals surface area contributed by atoms with Gasteiger partial charge in [-0.15, -0.1) is 0 Å². The lowest BCUT2D eigenvalue weighted by molar-refractivity contribution is -0.163. The molecule has 1 aromatic rings. The van der Waals surface area contributed by atoms with Gasteiger partial charge in [0.1, 0.15) is 11.4 Å². The Morgan fingerprint density at radius 1 is 1.29 bits per heavy atom. The van der Waals surface area contributed by atoms with Crippen molar-refractivity contribution < 1.29 is 22.4 Å². The van der Waals surface area contributed by atoms with Crippen LogP contribution in [0.25, 0.3) is 0 Å². The van der Waals surface area contributed by atoms with Gasteiger partial charge >= 0.3 is 6.18 Å². The van der Waals surface area contributed by atoms with E-state index in [9.17, 15) is 22.4 Å². The van der Waals surface area contributed by atoms with E-state index in [0.717, 1.165) is 11.6 Å². The van der Waals surface area contributed by atoms with Crippen LogP contribution in [0.3, 0.4) is 0 Å². The lowest BCUT2D eigenvalue weighted by atomic mass is 9.89. The molecule has 1 amide bonds. The first-order valence-corrected chi connectivity index (χ1v) is 9.68. The average molecular weight is 411 g/mol. The molecule has 3 rings (SSSR count). The molecule has 0 saturated heterocycles. The number of nitriles is 1. The molecule has 4 nitrogen and oxygen atoms in total. The van der Waals surface area contributed by atoms with Gasteiger partial charge in [0.25, 0.3) is 0 Å². The van der Waals surface area contributed by atoms with Crippen LogP contribution in [0.1, 0.15) is 24.3 Å². The molecule has 0 heterocycles. The van der Waals surface area contributed by atoms with Gasteiger partial charge < -0.3 is 5.32 Å². The van der Waals surface area contributed by atoms with Gasteiger partial charge in [0.2, 0.25) is 5.91 Å². The summed E-state index contributed by atoms with van der Waals surface area (Å²) in [5.41, 5.74) is -0.475. The number of hydrogen-bond donors (Lipinski definition) is 2. The van der Waals surface area contributed by atoms with Gasteiger partial charge in [-0.2, -0.15) is 18.4 Å². The maximum atomic E-state index is 13.2. The minimum atomic E-state index is -4.57. The van der Waals surface area contributed by atoms with E-state index in [0.29, 0.717) is 6.42 Å². The molecule has 9 heteroatoms. The molecule has 0 aliphatic heterocycles. The third-order valence-corrected chi connectivity index (χ3v) is 5.55. The van der Waals surface area contributed by atoms with Crippen molar-refractivity contribution in [1.29, 1.82) is 5.26 Å². The lowest BCUT2D eigenvalue weighted by Gasteiger charge is -2.25. The number of carbonyl (C=O) groups excluding carboxylic acids is 1. The number of nitrogens with zero attached hydrogens (tertiary/aromatic N) is 1. The van der Waals surface area contributed by atoms with E-state index < -0.39 is 30.0 Å². The molecule has 3 unspecified atom stereocenters. The van der Waals surface area contributed by atoms with Crippen molar-refractivity contribution in [2.75, 3.05) is 6.26 Å². The van der Waals surface area contributed by atoms with Crippen LogP contribution in [-0.4, -0.2) is 23.9 Å². The van der Waals surface area contributed by atoms with E-state index in [-0.39, 0.29) is 23.0 Å². The second-order valence-electron chi connectivity index (χ2n) is 6.76. The molecule has 148 valence electrons. The molecule has 1 saturated carbocycles. The van der Waals surface area contributed by atoms with Gasteiger partial charge in [-0.3, -0.25) is 4.79 Å². The van der Waals surface area contributed by atoms with Crippen LogP contribution in [-0.2, 0) is 4.79 Å². The highest BCUT2D eigenvalue weighted by Gasteiger charge is 2.60. The number of nitrogens with one attached hydrogen (secondary N) is 2. The zero-order valence-electron chi connectivity index (χ0n) is 14.8. The third kappa shape index (κ3) is 3.93. The Hall–Kier alpha value is -2.31. The van der Waals surface area contributed by atoms with Crippen LogP contribution in [0.15, 0.2) is 47.7 Å². The van der Waals surface area contributed by atoms with Crippen molar-refractivity contribution in [2.24, 2.45) is 5.92 Å². The molecular formula is C19H17F4N3OS. The molecule has 2 N–H and O–H groups in total. The highest BCUT2D eigenvalue weighted by molar-refractivity contribution is 7.96. The fraction of sp³-hybridized carbons (Fsp3) is 0.368. The Balaban J connectivity index is 1.77. The van der Waals surface area contributed by atoms with E-state index >= 15 is 0 Å². The van der Waals surface area contributed by atoms with Crippen LogP contribution in [0, 0.1) is 23.1 Å². The predicted octanol–water partition coefficient (Wildman–Crippen LogP) is 3.95. The zero-order chi connectivity index (χ0) is 20.5. The van der Waals surface area contributed by atoms with Gasteiger partial charge in [0, 0.05) is 23.6 Å². The summed E-state index contributed by atoms with van der Waals surface area (Å²) in [6, 6.07) is 7.37. The standard InChI is InChI=1S/C19H17F4N3OS/c1-28-26-18(9-16(18)11-2-5-13(20)6-3-11)17(27)25-14-7-4-12(10-24)15(8-14)19(21,22)23/h2-7,15-16,26H,8-9H2,1H3,(H,25,27). The fourth-order valence-corrected chi connectivity index (χ4v) is 4.10. The van der Waals surface area contributed by atoms with Gasteiger partial charge in [-0.1, -0.05) is 24.1 Å². The first kappa shape index (κ1) is 20.4. The maximum Gasteiger partial charge on any atom is 0.396 e. The topological polar surface area (TPSA) is 64.9 Å². The highest BCUT2D eigenvalue weighted by atomic mass is 32.2. The second-order valence-corrected chi connectivity index (χ2v) is 7.38. The summed E-state index contributed by atoms with van der Waals surface area (Å²) >= 11 is 1.23. The Labute approximate surface area is 163 Å². The quantitative estimate of drug-likeness (QED) is 0.569. The Morgan fingerprint density at radius 2 is 1.96 bits per heavy atom. The van der Waals surface area contributed by atoms with Crippen molar-refractivity contribution >= 4 is 17.9 Å². The van der Waals surface area contributed by atoms with Gasteiger partial charge in [-0.05, 0) is 42.5 Å². The zero-order valence-corrected chi connectivity index (χ0v) is 15.6. The third-order valence-electron chi connectivity index (χ3n) is 4.98. The van der Waals surface area contributed by atoms with E-state index in [1.54, 1.807) is 24.5 Å². The van der Waals surface area contributed by atoms with Crippen molar-refractivity contribution in [3.8, 4) is 6.07 Å². The molecular weight excluding hydrogens is 394 g/mol. The van der Waals surface area contributed by atoms with Gasteiger partial charge in [0.05, 0.1) is 12.0 Å². The molecule has 3 atom stereocenters. The minimum absolute atomic E-state index is 0.110. The van der Waals surface area contributed by atoms with E-state index in [2.05, 4.69) is 10.0 Å². The van der Waals surface area contributed by atoms with Crippen molar-refractivity contribution in [1.82, 2.24) is 10.0 Å². The Morgan fingerprint density at radius 3 is 2.54 bits per heavy atom. The number of rotatable bonds is 5. The largest absolute Gasteiger partial charge is 0.396 e. The monoisotopic (exact) mass is 411 g/mol. The van der Waals surface area contributed by atoms with Crippen LogP contribution >= 0.6 is 11.9 Å². The molecule has 1 fully saturated rings. The smallest absolute Gasteiger partial charge is 0.328 e. The molecule has 1 aromatic carbocycles. The first-order chi connectivity index (χ1) is 13.2. The normalized spacial score (nSPS) is 26.7.